The zero-order valence-electron chi connectivity index (χ0n) is 9.97. The van der Waals surface area contributed by atoms with Crippen molar-refractivity contribution in [3.8, 4) is 0 Å². The Kier molecular flexibility index (Phi) is 4.49. The molecular formula is C11H12F3N3O2. The van der Waals surface area contributed by atoms with Gasteiger partial charge in [-0.15, -0.1) is 0 Å². The number of aryl methyl sites for hydroxylation is 1. The molecule has 0 aliphatic heterocycles. The molecule has 1 aromatic carbocycles. The molecule has 0 bridgehead atoms. The highest BCUT2D eigenvalue weighted by molar-refractivity contribution is 5.97. The lowest BCUT2D eigenvalue weighted by Crippen LogP contribution is -2.30. The van der Waals surface area contributed by atoms with Gasteiger partial charge in [-0.1, -0.05) is 6.07 Å². The fourth-order valence-corrected chi connectivity index (χ4v) is 1.24. The lowest BCUT2D eigenvalue weighted by Gasteiger charge is -2.12. The van der Waals surface area contributed by atoms with Gasteiger partial charge in [-0.3, -0.25) is 9.59 Å². The maximum atomic E-state index is 12.1. The van der Waals surface area contributed by atoms with E-state index < -0.39 is 18.0 Å². The molecule has 0 aromatic heterocycles. The van der Waals surface area contributed by atoms with Crippen LogP contribution in [0.4, 0.5) is 24.5 Å². The molecule has 104 valence electrons. The van der Waals surface area contributed by atoms with E-state index >= 15 is 0 Å². The topological polar surface area (TPSA) is 84.2 Å². The van der Waals surface area contributed by atoms with Crippen LogP contribution in [0.1, 0.15) is 5.56 Å². The number of benzene rings is 1. The molecule has 5 nitrogen and oxygen atoms in total. The molecule has 4 N–H and O–H groups in total. The van der Waals surface area contributed by atoms with Gasteiger partial charge in [0.1, 0.15) is 0 Å². The number of rotatable bonds is 3. The quantitative estimate of drug-likeness (QED) is 0.779. The Labute approximate surface area is 107 Å². The maximum absolute atomic E-state index is 12.1. The average molecular weight is 275 g/mol. The van der Waals surface area contributed by atoms with E-state index in [0.29, 0.717) is 5.56 Å². The first-order valence-electron chi connectivity index (χ1n) is 5.23. The number of carbonyl (C=O) groups is 2. The number of anilines is 2. The number of nitrogens with two attached hydrogens (primary N) is 1. The number of alkyl halides is 3. The van der Waals surface area contributed by atoms with Crippen molar-refractivity contribution < 1.29 is 22.8 Å². The Morgan fingerprint density at radius 2 is 1.89 bits per heavy atom. The SMILES string of the molecule is Cc1ccc(NC(=O)CN)cc1NC(=O)C(F)(F)F. The molecule has 0 fully saturated rings. The zero-order valence-corrected chi connectivity index (χ0v) is 9.97. The third-order valence-electron chi connectivity index (χ3n) is 2.21. The van der Waals surface area contributed by atoms with E-state index in [1.807, 2.05) is 0 Å². The fourth-order valence-electron chi connectivity index (χ4n) is 1.24. The van der Waals surface area contributed by atoms with Crippen molar-refractivity contribution in [1.82, 2.24) is 0 Å². The van der Waals surface area contributed by atoms with Crippen LogP contribution in [0, 0.1) is 6.92 Å². The Bertz CT molecular complexity index is 500. The van der Waals surface area contributed by atoms with Gasteiger partial charge in [0, 0.05) is 11.4 Å². The molecule has 0 heterocycles. The van der Waals surface area contributed by atoms with Gasteiger partial charge in [-0.2, -0.15) is 13.2 Å². The van der Waals surface area contributed by atoms with E-state index in [1.165, 1.54) is 25.1 Å². The first kappa shape index (κ1) is 15.0. The molecule has 0 radical (unpaired) electrons. The third-order valence-corrected chi connectivity index (χ3v) is 2.21. The smallest absolute Gasteiger partial charge is 0.325 e. The Hall–Kier alpha value is -2.09. The zero-order chi connectivity index (χ0) is 14.6. The van der Waals surface area contributed by atoms with Crippen molar-refractivity contribution in [2.75, 3.05) is 17.2 Å². The van der Waals surface area contributed by atoms with Gasteiger partial charge in [-0.05, 0) is 24.6 Å². The molecule has 0 saturated carbocycles. The molecule has 1 rings (SSSR count). The molecule has 0 aliphatic rings. The molecule has 0 aliphatic carbocycles. The fraction of sp³-hybridized carbons (Fsp3) is 0.273. The summed E-state index contributed by atoms with van der Waals surface area (Å²) in [7, 11) is 0. The first-order chi connectivity index (χ1) is 8.74. The van der Waals surface area contributed by atoms with Gasteiger partial charge in [-0.25, -0.2) is 0 Å². The number of hydrogen-bond acceptors (Lipinski definition) is 3. The third kappa shape index (κ3) is 4.25. The van der Waals surface area contributed by atoms with Gasteiger partial charge in [0.2, 0.25) is 5.91 Å². The summed E-state index contributed by atoms with van der Waals surface area (Å²) < 4.78 is 36.4. The molecule has 8 heteroatoms. The summed E-state index contributed by atoms with van der Waals surface area (Å²) in [5, 5.41) is 4.11. The van der Waals surface area contributed by atoms with Crippen LogP contribution >= 0.6 is 0 Å². The second-order valence-electron chi connectivity index (χ2n) is 3.73. The molecule has 19 heavy (non-hydrogen) atoms. The van der Waals surface area contributed by atoms with E-state index in [4.69, 9.17) is 5.73 Å². The monoisotopic (exact) mass is 275 g/mol. The van der Waals surface area contributed by atoms with E-state index in [9.17, 15) is 22.8 Å². The minimum Gasteiger partial charge on any atom is -0.325 e. The van der Waals surface area contributed by atoms with Crippen molar-refractivity contribution in [3.63, 3.8) is 0 Å². The average Bonchev–Trinajstić information content (AvgIpc) is 2.32. The molecular weight excluding hydrogens is 263 g/mol. The highest BCUT2D eigenvalue weighted by atomic mass is 19.4. The predicted octanol–water partition coefficient (Wildman–Crippen LogP) is 1.39. The highest BCUT2D eigenvalue weighted by Gasteiger charge is 2.38. The van der Waals surface area contributed by atoms with Crippen LogP contribution in [0.2, 0.25) is 0 Å². The largest absolute Gasteiger partial charge is 0.471 e. The molecule has 0 unspecified atom stereocenters. The molecule has 0 atom stereocenters. The van der Waals surface area contributed by atoms with Crippen molar-refractivity contribution in [2.24, 2.45) is 5.73 Å². The summed E-state index contributed by atoms with van der Waals surface area (Å²) in [5.41, 5.74) is 5.75. The van der Waals surface area contributed by atoms with Gasteiger partial charge < -0.3 is 16.4 Å². The summed E-state index contributed by atoms with van der Waals surface area (Å²) in [6.45, 7) is 1.28. The lowest BCUT2D eigenvalue weighted by molar-refractivity contribution is -0.167. The Morgan fingerprint density at radius 3 is 2.42 bits per heavy atom. The van der Waals surface area contributed by atoms with Gasteiger partial charge in [0.15, 0.2) is 0 Å². The van der Waals surface area contributed by atoms with Crippen LogP contribution in [0.3, 0.4) is 0 Å². The summed E-state index contributed by atoms with van der Waals surface area (Å²) in [5.74, 6) is -2.56. The van der Waals surface area contributed by atoms with Crippen molar-refractivity contribution in [2.45, 2.75) is 13.1 Å². The van der Waals surface area contributed by atoms with Crippen LogP contribution in [0.15, 0.2) is 18.2 Å². The molecule has 1 aromatic rings. The van der Waals surface area contributed by atoms with E-state index in [-0.39, 0.29) is 17.9 Å². The molecule has 2 amide bonds. The van der Waals surface area contributed by atoms with Crippen molar-refractivity contribution in [3.05, 3.63) is 23.8 Å². The number of hydrogen-bond donors (Lipinski definition) is 3. The van der Waals surface area contributed by atoms with Gasteiger partial charge in [0.05, 0.1) is 6.54 Å². The van der Waals surface area contributed by atoms with Gasteiger partial charge in [0.25, 0.3) is 0 Å². The minimum absolute atomic E-state index is 0.0304. The summed E-state index contributed by atoms with van der Waals surface area (Å²) in [4.78, 5) is 21.9. The Morgan fingerprint density at radius 1 is 1.26 bits per heavy atom. The van der Waals surface area contributed by atoms with Crippen LogP contribution < -0.4 is 16.4 Å². The van der Waals surface area contributed by atoms with Crippen LogP contribution in [-0.2, 0) is 9.59 Å². The van der Waals surface area contributed by atoms with Gasteiger partial charge >= 0.3 is 12.1 Å². The van der Waals surface area contributed by atoms with Crippen LogP contribution in [0.5, 0.6) is 0 Å². The number of halogens is 3. The number of nitrogens with one attached hydrogen (secondary N) is 2. The van der Waals surface area contributed by atoms with Crippen LogP contribution in [0.25, 0.3) is 0 Å². The maximum Gasteiger partial charge on any atom is 0.471 e. The van der Waals surface area contributed by atoms with Crippen molar-refractivity contribution >= 4 is 23.2 Å². The minimum atomic E-state index is -4.97. The number of amides is 2. The predicted molar refractivity (Wildman–Crippen MR) is 63.5 cm³/mol. The van der Waals surface area contributed by atoms with E-state index in [2.05, 4.69) is 5.32 Å². The van der Waals surface area contributed by atoms with E-state index in [1.54, 1.807) is 5.32 Å². The standard InChI is InChI=1S/C11H12F3N3O2/c1-6-2-3-7(16-9(18)5-15)4-8(6)17-10(19)11(12,13)14/h2-4H,5,15H2,1H3,(H,16,18)(H,17,19). The van der Waals surface area contributed by atoms with Crippen molar-refractivity contribution in [1.29, 1.82) is 0 Å². The molecule has 0 spiro atoms. The normalized spacial score (nSPS) is 11.0. The summed E-state index contributed by atoms with van der Waals surface area (Å²) in [6.07, 6.45) is -4.97. The summed E-state index contributed by atoms with van der Waals surface area (Å²) >= 11 is 0. The van der Waals surface area contributed by atoms with Crippen LogP contribution in [-0.4, -0.2) is 24.5 Å². The second-order valence-corrected chi connectivity index (χ2v) is 3.73. The molecule has 0 saturated heterocycles. The highest BCUT2D eigenvalue weighted by Crippen LogP contribution is 2.23. The Balaban J connectivity index is 2.92. The lowest BCUT2D eigenvalue weighted by atomic mass is 10.1. The summed E-state index contributed by atoms with van der Waals surface area (Å²) in [6, 6.07) is 4.19. The number of carbonyl (C=O) groups excluding carboxylic acids is 2. The van der Waals surface area contributed by atoms with E-state index in [0.717, 1.165) is 0 Å². The first-order valence-corrected chi connectivity index (χ1v) is 5.23. The second kappa shape index (κ2) is 5.70.